The molecule has 0 atom stereocenters. The van der Waals surface area contributed by atoms with Gasteiger partial charge in [0.15, 0.2) is 5.76 Å². The van der Waals surface area contributed by atoms with E-state index in [1.165, 1.54) is 0 Å². The van der Waals surface area contributed by atoms with E-state index in [1.807, 2.05) is 31.2 Å². The van der Waals surface area contributed by atoms with Crippen molar-refractivity contribution in [2.45, 2.75) is 19.9 Å². The molecular weight excluding hydrogens is 297 g/mol. The summed E-state index contributed by atoms with van der Waals surface area (Å²) in [7, 11) is 0. The second-order valence-electron chi connectivity index (χ2n) is 4.62. The molecule has 6 heteroatoms. The van der Waals surface area contributed by atoms with Gasteiger partial charge in [-0.1, -0.05) is 16.8 Å². The Kier molecular flexibility index (Phi) is 3.68. The normalized spacial score (nSPS) is 11.3. The number of aryl methyl sites for hydroxylation is 2. The lowest BCUT2D eigenvalue weighted by Gasteiger charge is -2.06. The van der Waals surface area contributed by atoms with Gasteiger partial charge < -0.3 is 9.09 Å². The first-order chi connectivity index (χ1) is 9.67. The fourth-order valence-electron chi connectivity index (χ4n) is 2.24. The van der Waals surface area contributed by atoms with Gasteiger partial charge in [-0.05, 0) is 25.1 Å². The quantitative estimate of drug-likeness (QED) is 0.688. The summed E-state index contributed by atoms with van der Waals surface area (Å²) in [4.78, 5) is 4.60. The van der Waals surface area contributed by atoms with Crippen molar-refractivity contribution in [1.82, 2.24) is 14.7 Å². The van der Waals surface area contributed by atoms with Gasteiger partial charge >= 0.3 is 0 Å². The number of benzene rings is 1. The number of nitrogens with zero attached hydrogens (tertiary/aromatic N) is 3. The third-order valence-electron chi connectivity index (χ3n) is 3.10. The van der Waals surface area contributed by atoms with Crippen LogP contribution in [-0.2, 0) is 13.0 Å². The molecule has 0 amide bonds. The van der Waals surface area contributed by atoms with Gasteiger partial charge in [0, 0.05) is 23.4 Å². The van der Waals surface area contributed by atoms with E-state index < -0.39 is 0 Å². The monoisotopic (exact) mass is 309 g/mol. The Morgan fingerprint density at radius 1 is 1.30 bits per heavy atom. The van der Waals surface area contributed by atoms with Gasteiger partial charge in [-0.25, -0.2) is 4.98 Å². The number of hydrogen-bond acceptors (Lipinski definition) is 3. The molecule has 4 nitrogen and oxygen atoms in total. The largest absolute Gasteiger partial charge is 0.359 e. The fraction of sp³-hybridized carbons (Fsp3) is 0.286. The fourth-order valence-corrected chi connectivity index (χ4v) is 2.58. The van der Waals surface area contributed by atoms with Crippen LogP contribution in [0.5, 0.6) is 0 Å². The number of fused-ring (bicyclic) bond motifs is 1. The van der Waals surface area contributed by atoms with Crippen molar-refractivity contribution >= 4 is 34.2 Å². The van der Waals surface area contributed by atoms with Gasteiger partial charge in [0.2, 0.25) is 0 Å². The Morgan fingerprint density at radius 2 is 2.15 bits per heavy atom. The van der Waals surface area contributed by atoms with Crippen LogP contribution in [0.2, 0.25) is 5.02 Å². The van der Waals surface area contributed by atoms with Crippen LogP contribution in [0.3, 0.4) is 0 Å². The summed E-state index contributed by atoms with van der Waals surface area (Å²) in [6.45, 7) is 2.47. The average molecular weight is 310 g/mol. The van der Waals surface area contributed by atoms with Crippen molar-refractivity contribution in [3.8, 4) is 0 Å². The van der Waals surface area contributed by atoms with Crippen LogP contribution in [0.15, 0.2) is 28.8 Å². The molecule has 0 N–H and O–H groups in total. The smallest absolute Gasteiger partial charge is 0.156 e. The minimum Gasteiger partial charge on any atom is -0.359 e. The molecule has 0 aliphatic rings. The zero-order valence-electron chi connectivity index (χ0n) is 10.9. The van der Waals surface area contributed by atoms with E-state index in [0.29, 0.717) is 23.9 Å². The molecule has 0 unspecified atom stereocenters. The maximum Gasteiger partial charge on any atom is 0.156 e. The van der Waals surface area contributed by atoms with Crippen molar-refractivity contribution in [2.24, 2.45) is 0 Å². The Hall–Kier alpha value is -1.52. The highest BCUT2D eigenvalue weighted by Crippen LogP contribution is 2.22. The molecule has 0 aliphatic heterocycles. The first-order valence-corrected chi connectivity index (χ1v) is 7.21. The van der Waals surface area contributed by atoms with E-state index in [-0.39, 0.29) is 0 Å². The summed E-state index contributed by atoms with van der Waals surface area (Å²) in [5.41, 5.74) is 2.75. The lowest BCUT2D eigenvalue weighted by atomic mass is 10.3. The van der Waals surface area contributed by atoms with Crippen molar-refractivity contribution in [2.75, 3.05) is 5.88 Å². The van der Waals surface area contributed by atoms with Crippen LogP contribution in [-0.4, -0.2) is 20.6 Å². The molecule has 0 aliphatic carbocycles. The molecule has 0 radical (unpaired) electrons. The molecule has 2 aromatic heterocycles. The minimum absolute atomic E-state index is 0.520. The lowest BCUT2D eigenvalue weighted by Crippen LogP contribution is -2.05. The lowest BCUT2D eigenvalue weighted by molar-refractivity contribution is 0.373. The van der Waals surface area contributed by atoms with E-state index in [4.69, 9.17) is 27.7 Å². The van der Waals surface area contributed by atoms with Gasteiger partial charge in [0.1, 0.15) is 5.82 Å². The van der Waals surface area contributed by atoms with Crippen molar-refractivity contribution in [3.63, 3.8) is 0 Å². The molecule has 0 bridgehead atoms. The topological polar surface area (TPSA) is 43.9 Å². The summed E-state index contributed by atoms with van der Waals surface area (Å²) >= 11 is 11.9. The molecule has 104 valence electrons. The van der Waals surface area contributed by atoms with Crippen LogP contribution in [0.1, 0.15) is 17.3 Å². The molecule has 2 heterocycles. The number of hydrogen-bond donors (Lipinski definition) is 0. The Balaban J connectivity index is 2.09. The highest BCUT2D eigenvalue weighted by atomic mass is 35.5. The maximum atomic E-state index is 6.08. The highest BCUT2D eigenvalue weighted by Gasteiger charge is 2.13. The van der Waals surface area contributed by atoms with Crippen molar-refractivity contribution < 1.29 is 4.52 Å². The first-order valence-electron chi connectivity index (χ1n) is 6.30. The predicted octanol–water partition coefficient (Wildman–Crippen LogP) is 3.82. The third kappa shape index (κ3) is 2.53. The number of imidazole rings is 1. The zero-order valence-corrected chi connectivity index (χ0v) is 12.4. The predicted molar refractivity (Wildman–Crippen MR) is 79.5 cm³/mol. The van der Waals surface area contributed by atoms with Crippen LogP contribution < -0.4 is 0 Å². The molecule has 0 saturated heterocycles. The molecular formula is C14H13Cl2N3O. The standard InChI is InChI=1S/C14H13Cl2N3O/c1-9-6-11(20-18-9)8-19-13-7-10(16)2-3-12(13)17-14(19)4-5-15/h2-3,6-7H,4-5,8H2,1H3. The minimum atomic E-state index is 0.520. The summed E-state index contributed by atoms with van der Waals surface area (Å²) in [5.74, 6) is 2.23. The molecule has 1 aromatic carbocycles. The van der Waals surface area contributed by atoms with Gasteiger partial charge in [-0.3, -0.25) is 0 Å². The average Bonchev–Trinajstić information content (AvgIpc) is 2.96. The molecule has 3 aromatic rings. The number of halogens is 2. The van der Waals surface area contributed by atoms with Gasteiger partial charge in [-0.2, -0.15) is 0 Å². The first kappa shape index (κ1) is 13.5. The van der Waals surface area contributed by atoms with E-state index in [0.717, 1.165) is 28.3 Å². The van der Waals surface area contributed by atoms with E-state index in [9.17, 15) is 0 Å². The molecule has 0 fully saturated rings. The Labute approximate surface area is 126 Å². The summed E-state index contributed by atoms with van der Waals surface area (Å²) in [6, 6.07) is 7.58. The Bertz CT molecular complexity index is 748. The number of rotatable bonds is 4. The highest BCUT2D eigenvalue weighted by molar-refractivity contribution is 6.31. The third-order valence-corrected chi connectivity index (χ3v) is 3.52. The van der Waals surface area contributed by atoms with Crippen molar-refractivity contribution in [1.29, 1.82) is 0 Å². The SMILES string of the molecule is Cc1cc(Cn2c(CCCl)nc3ccc(Cl)cc32)on1. The van der Waals surface area contributed by atoms with Gasteiger partial charge in [0.05, 0.1) is 23.3 Å². The summed E-state index contributed by atoms with van der Waals surface area (Å²) in [6.07, 6.45) is 0.695. The van der Waals surface area contributed by atoms with Crippen LogP contribution >= 0.6 is 23.2 Å². The zero-order chi connectivity index (χ0) is 14.1. The second kappa shape index (κ2) is 5.46. The van der Waals surface area contributed by atoms with Gasteiger partial charge in [0.25, 0.3) is 0 Å². The van der Waals surface area contributed by atoms with Crippen LogP contribution in [0.25, 0.3) is 11.0 Å². The van der Waals surface area contributed by atoms with E-state index in [2.05, 4.69) is 14.7 Å². The number of aromatic nitrogens is 3. The van der Waals surface area contributed by atoms with E-state index in [1.54, 1.807) is 0 Å². The second-order valence-corrected chi connectivity index (χ2v) is 5.44. The van der Waals surface area contributed by atoms with Gasteiger partial charge in [-0.15, -0.1) is 11.6 Å². The molecule has 0 spiro atoms. The maximum absolute atomic E-state index is 6.08. The summed E-state index contributed by atoms with van der Waals surface area (Å²) < 4.78 is 7.36. The molecule has 0 saturated carbocycles. The Morgan fingerprint density at radius 3 is 2.85 bits per heavy atom. The van der Waals surface area contributed by atoms with E-state index >= 15 is 0 Å². The molecule has 20 heavy (non-hydrogen) atoms. The molecule has 3 rings (SSSR count). The van der Waals surface area contributed by atoms with Crippen molar-refractivity contribution in [3.05, 3.63) is 46.6 Å². The number of alkyl halides is 1. The summed E-state index contributed by atoms with van der Waals surface area (Å²) in [5, 5.41) is 4.59. The van der Waals surface area contributed by atoms with Crippen LogP contribution in [0, 0.1) is 6.92 Å². The van der Waals surface area contributed by atoms with Crippen LogP contribution in [0.4, 0.5) is 0 Å².